The molecule has 0 fully saturated rings. The van der Waals surface area contributed by atoms with Gasteiger partial charge >= 0.3 is 0 Å². The number of methoxy groups -OCH3 is 1. The summed E-state index contributed by atoms with van der Waals surface area (Å²) in [6.45, 7) is 3.64. The maximum Gasteiger partial charge on any atom is 0.259 e. The molecule has 0 saturated carbocycles. The highest BCUT2D eigenvalue weighted by Gasteiger charge is 2.29. The molecule has 35 heavy (non-hydrogen) atoms. The van der Waals surface area contributed by atoms with Gasteiger partial charge < -0.3 is 30.3 Å². The van der Waals surface area contributed by atoms with Crippen LogP contribution in [-0.2, 0) is 14.3 Å². The predicted octanol–water partition coefficient (Wildman–Crippen LogP) is 1.48. The third-order valence-electron chi connectivity index (χ3n) is 5.85. The molecule has 3 heterocycles. The second-order valence-corrected chi connectivity index (χ2v) is 8.34. The summed E-state index contributed by atoms with van der Waals surface area (Å²) < 4.78 is 11.2. The van der Waals surface area contributed by atoms with Crippen LogP contribution in [0.15, 0.2) is 36.8 Å². The minimum atomic E-state index is -0.254. The number of likely N-dealkylation sites (N-methyl/N-ethyl adjacent to an activating group) is 1. The first-order valence-corrected chi connectivity index (χ1v) is 11.6. The third-order valence-corrected chi connectivity index (χ3v) is 5.85. The lowest BCUT2D eigenvalue weighted by atomic mass is 10.1. The minimum Gasteiger partial charge on any atom is -0.492 e. The summed E-state index contributed by atoms with van der Waals surface area (Å²) in [4.78, 5) is 37.7. The maximum atomic E-state index is 12.8. The molecule has 2 bridgehead atoms. The van der Waals surface area contributed by atoms with Gasteiger partial charge in [-0.2, -0.15) is 0 Å². The smallest absolute Gasteiger partial charge is 0.259 e. The van der Waals surface area contributed by atoms with Gasteiger partial charge in [0.1, 0.15) is 30.3 Å². The van der Waals surface area contributed by atoms with E-state index in [1.165, 1.54) is 6.33 Å². The molecule has 4 rings (SSSR count). The van der Waals surface area contributed by atoms with Crippen molar-refractivity contribution >= 4 is 34.7 Å². The van der Waals surface area contributed by atoms with Crippen LogP contribution in [0.1, 0.15) is 12.0 Å². The van der Waals surface area contributed by atoms with Crippen molar-refractivity contribution < 1.29 is 19.1 Å². The van der Waals surface area contributed by atoms with E-state index < -0.39 is 0 Å². The van der Waals surface area contributed by atoms with Crippen LogP contribution < -0.4 is 20.7 Å². The number of carbonyl (C=O) groups excluding carboxylic acids is 2. The minimum absolute atomic E-state index is 0.0353. The monoisotopic (exact) mass is 481 g/mol. The second-order valence-electron chi connectivity index (χ2n) is 8.34. The summed E-state index contributed by atoms with van der Waals surface area (Å²) in [7, 11) is 3.45. The number of hydrogen-bond donors (Lipinski definition) is 3. The zero-order valence-corrected chi connectivity index (χ0v) is 20.0. The number of rotatable bonds is 3. The number of nitrogens with one attached hydrogen (secondary N) is 3. The molecule has 2 aliphatic heterocycles. The van der Waals surface area contributed by atoms with E-state index in [0.29, 0.717) is 80.9 Å². The Bertz CT molecular complexity index is 1090. The molecule has 2 amide bonds. The van der Waals surface area contributed by atoms with Crippen LogP contribution in [0.2, 0.25) is 0 Å². The standard InChI is InChI=1S/C24H31N7O4/c1-30-8-4-7-25-22-21-19(24(33)29-23(21)28-16-27-22)14-26-17-5-3-6-18(13-17)35-12-10-31(9-11-34-2)15-20(30)32/h3,5-6,13-14,16,26H,4,7-12,15H2,1-2H3,(H2,25,27,28,29,33)/b19-14-. The number of nitrogens with zero attached hydrogens (tertiary/aromatic N) is 4. The number of amides is 2. The molecule has 11 heteroatoms. The molecule has 2 aromatic rings. The molecule has 1 aromatic heterocycles. The van der Waals surface area contributed by atoms with Crippen LogP contribution in [-0.4, -0.2) is 91.7 Å². The van der Waals surface area contributed by atoms with Gasteiger partial charge in [0.15, 0.2) is 0 Å². The number of fused-ring (bicyclic) bond motifs is 2. The van der Waals surface area contributed by atoms with Crippen LogP contribution in [0, 0.1) is 0 Å². The molecule has 186 valence electrons. The average molecular weight is 482 g/mol. The molecule has 11 nitrogen and oxygen atoms in total. The van der Waals surface area contributed by atoms with Crippen molar-refractivity contribution in [3.63, 3.8) is 0 Å². The van der Waals surface area contributed by atoms with Gasteiger partial charge in [-0.3, -0.25) is 14.5 Å². The van der Waals surface area contributed by atoms with Crippen molar-refractivity contribution in [2.24, 2.45) is 0 Å². The Balaban J connectivity index is 1.58. The fourth-order valence-corrected chi connectivity index (χ4v) is 3.87. The molecule has 3 N–H and O–H groups in total. The number of carbonyl (C=O) groups is 2. The summed E-state index contributed by atoms with van der Waals surface area (Å²) in [5, 5.41) is 9.26. The fourth-order valence-electron chi connectivity index (χ4n) is 3.87. The summed E-state index contributed by atoms with van der Waals surface area (Å²) in [6.07, 6.45) is 3.78. The fraction of sp³-hybridized carbons (Fsp3) is 0.417. The van der Waals surface area contributed by atoms with Gasteiger partial charge in [0.25, 0.3) is 5.91 Å². The molecular formula is C24H31N7O4. The summed E-state index contributed by atoms with van der Waals surface area (Å²) in [5.74, 6) is 1.50. The van der Waals surface area contributed by atoms with Crippen molar-refractivity contribution in [1.29, 1.82) is 0 Å². The van der Waals surface area contributed by atoms with E-state index in [-0.39, 0.29) is 11.8 Å². The number of benzene rings is 1. The predicted molar refractivity (Wildman–Crippen MR) is 133 cm³/mol. The number of aromatic nitrogens is 2. The Morgan fingerprint density at radius 1 is 1.17 bits per heavy atom. The Hall–Kier alpha value is -3.70. The van der Waals surface area contributed by atoms with E-state index in [4.69, 9.17) is 9.47 Å². The molecule has 0 aliphatic carbocycles. The van der Waals surface area contributed by atoms with E-state index in [2.05, 4.69) is 25.9 Å². The Labute approximate surface area is 204 Å². The summed E-state index contributed by atoms with van der Waals surface area (Å²) in [5.41, 5.74) is 1.83. The molecule has 2 aliphatic rings. The van der Waals surface area contributed by atoms with E-state index >= 15 is 0 Å². The van der Waals surface area contributed by atoms with Gasteiger partial charge in [-0.15, -0.1) is 0 Å². The van der Waals surface area contributed by atoms with Crippen molar-refractivity contribution in [2.75, 3.05) is 76.0 Å². The molecule has 1 aromatic carbocycles. The number of anilines is 3. The first-order chi connectivity index (χ1) is 17.0. The van der Waals surface area contributed by atoms with Crippen LogP contribution in [0.25, 0.3) is 5.57 Å². The van der Waals surface area contributed by atoms with Crippen molar-refractivity contribution in [3.05, 3.63) is 42.4 Å². The highest BCUT2D eigenvalue weighted by atomic mass is 16.5. The highest BCUT2D eigenvalue weighted by Crippen LogP contribution is 2.34. The van der Waals surface area contributed by atoms with Crippen LogP contribution in [0.3, 0.4) is 0 Å². The highest BCUT2D eigenvalue weighted by molar-refractivity contribution is 6.32. The van der Waals surface area contributed by atoms with Gasteiger partial charge in [-0.05, 0) is 18.6 Å². The largest absolute Gasteiger partial charge is 0.492 e. The van der Waals surface area contributed by atoms with Gasteiger partial charge in [-0.1, -0.05) is 6.07 Å². The number of hydrogen-bond acceptors (Lipinski definition) is 9. The van der Waals surface area contributed by atoms with Gasteiger partial charge in [-0.25, -0.2) is 9.97 Å². The lowest BCUT2D eigenvalue weighted by molar-refractivity contribution is -0.131. The molecule has 0 spiro atoms. The molecule has 0 radical (unpaired) electrons. The molecule has 0 atom stereocenters. The Kier molecular flexibility index (Phi) is 8.11. The molecule has 0 unspecified atom stereocenters. The Morgan fingerprint density at radius 2 is 2.03 bits per heavy atom. The summed E-state index contributed by atoms with van der Waals surface area (Å²) >= 11 is 0. The van der Waals surface area contributed by atoms with Gasteiger partial charge in [0.2, 0.25) is 5.91 Å². The topological polar surface area (TPSA) is 121 Å². The lowest BCUT2D eigenvalue weighted by Gasteiger charge is -2.25. The first-order valence-electron chi connectivity index (χ1n) is 11.6. The first kappa shape index (κ1) is 24.4. The van der Waals surface area contributed by atoms with E-state index in [1.807, 2.05) is 29.2 Å². The van der Waals surface area contributed by atoms with Crippen molar-refractivity contribution in [3.8, 4) is 5.75 Å². The SMILES string of the molecule is COCCN1CCOc2cccc(c2)N/C=C2\C(=O)Nc3ncnc(c32)NCCCN(C)C(=O)C1. The number of ether oxygens (including phenoxy) is 2. The van der Waals surface area contributed by atoms with E-state index in [1.54, 1.807) is 25.3 Å². The second kappa shape index (κ2) is 11.6. The van der Waals surface area contributed by atoms with Crippen LogP contribution in [0.4, 0.5) is 17.3 Å². The average Bonchev–Trinajstić information content (AvgIpc) is 3.18. The van der Waals surface area contributed by atoms with Crippen molar-refractivity contribution in [1.82, 2.24) is 19.8 Å². The van der Waals surface area contributed by atoms with Crippen LogP contribution in [0.5, 0.6) is 5.75 Å². The van der Waals surface area contributed by atoms with Gasteiger partial charge in [0.05, 0.1) is 24.3 Å². The zero-order valence-electron chi connectivity index (χ0n) is 20.0. The van der Waals surface area contributed by atoms with Crippen LogP contribution >= 0.6 is 0 Å². The normalized spacial score (nSPS) is 19.0. The summed E-state index contributed by atoms with van der Waals surface area (Å²) in [6, 6.07) is 7.49. The zero-order chi connectivity index (χ0) is 24.6. The quantitative estimate of drug-likeness (QED) is 0.599. The molecule has 0 saturated heterocycles. The molecular weight excluding hydrogens is 450 g/mol. The Morgan fingerprint density at radius 3 is 2.89 bits per heavy atom. The van der Waals surface area contributed by atoms with E-state index in [9.17, 15) is 9.59 Å². The van der Waals surface area contributed by atoms with E-state index in [0.717, 1.165) is 5.69 Å². The van der Waals surface area contributed by atoms with Gasteiger partial charge in [0, 0.05) is 58.3 Å². The lowest BCUT2D eigenvalue weighted by Crippen LogP contribution is -2.42. The third kappa shape index (κ3) is 6.25. The van der Waals surface area contributed by atoms with Crippen molar-refractivity contribution in [2.45, 2.75) is 6.42 Å². The maximum absolute atomic E-state index is 12.8.